The standard InChI is InChI=1S/C13H16ClNO/c14-10-2-4-13-9(7-10)1-3-11-8-12(16)5-6-15(11)13/h5-6,8-10,13H,1-4,7H2. The monoisotopic (exact) mass is 237 g/mol. The molecular weight excluding hydrogens is 222 g/mol. The molecule has 2 nitrogen and oxygen atoms in total. The Morgan fingerprint density at radius 2 is 2.19 bits per heavy atom. The summed E-state index contributed by atoms with van der Waals surface area (Å²) < 4.78 is 2.32. The van der Waals surface area contributed by atoms with Gasteiger partial charge >= 0.3 is 0 Å². The Labute approximate surface area is 100 Å². The molecule has 0 saturated heterocycles. The number of fused-ring (bicyclic) bond motifs is 3. The summed E-state index contributed by atoms with van der Waals surface area (Å²) in [4.78, 5) is 11.3. The minimum atomic E-state index is 0.135. The number of alkyl halides is 1. The predicted octanol–water partition coefficient (Wildman–Crippen LogP) is 2.74. The van der Waals surface area contributed by atoms with Gasteiger partial charge in [-0.1, -0.05) is 0 Å². The van der Waals surface area contributed by atoms with Gasteiger partial charge in [-0.05, 0) is 38.0 Å². The molecule has 0 amide bonds. The lowest BCUT2D eigenvalue weighted by Gasteiger charge is -2.40. The smallest absolute Gasteiger partial charge is 0.181 e. The first-order valence-electron chi connectivity index (χ1n) is 6.09. The second-order valence-corrected chi connectivity index (χ2v) is 5.65. The van der Waals surface area contributed by atoms with Crippen LogP contribution in [0.5, 0.6) is 0 Å². The number of pyridine rings is 1. The van der Waals surface area contributed by atoms with Crippen molar-refractivity contribution in [1.29, 1.82) is 0 Å². The summed E-state index contributed by atoms with van der Waals surface area (Å²) in [6.07, 6.45) is 7.60. The van der Waals surface area contributed by atoms with E-state index in [4.69, 9.17) is 11.6 Å². The fraction of sp³-hybridized carbons (Fsp3) is 0.615. The summed E-state index contributed by atoms with van der Waals surface area (Å²) in [5, 5.41) is 0.363. The first kappa shape index (κ1) is 10.4. The summed E-state index contributed by atoms with van der Waals surface area (Å²) in [6, 6.07) is 4.06. The summed E-state index contributed by atoms with van der Waals surface area (Å²) in [5.74, 6) is 0.714. The minimum absolute atomic E-state index is 0.135. The van der Waals surface area contributed by atoms with E-state index in [1.807, 2.05) is 6.20 Å². The minimum Gasteiger partial charge on any atom is -0.348 e. The number of aryl methyl sites for hydroxylation is 1. The van der Waals surface area contributed by atoms with Crippen LogP contribution in [0.2, 0.25) is 0 Å². The molecule has 3 unspecified atom stereocenters. The second kappa shape index (κ2) is 3.92. The molecular formula is C13H16ClNO. The number of rotatable bonds is 0. The van der Waals surface area contributed by atoms with Gasteiger partial charge in [-0.25, -0.2) is 0 Å². The van der Waals surface area contributed by atoms with Crippen molar-refractivity contribution in [3.05, 3.63) is 34.2 Å². The van der Waals surface area contributed by atoms with E-state index in [-0.39, 0.29) is 5.43 Å². The van der Waals surface area contributed by atoms with E-state index in [0.717, 1.165) is 25.7 Å². The third kappa shape index (κ3) is 1.69. The molecule has 1 saturated carbocycles. The van der Waals surface area contributed by atoms with Crippen LogP contribution in [0.1, 0.15) is 37.4 Å². The van der Waals surface area contributed by atoms with Gasteiger partial charge in [0, 0.05) is 35.4 Å². The van der Waals surface area contributed by atoms with E-state index < -0.39 is 0 Å². The van der Waals surface area contributed by atoms with E-state index in [2.05, 4.69) is 4.57 Å². The van der Waals surface area contributed by atoms with Gasteiger partial charge in [0.2, 0.25) is 0 Å². The average molecular weight is 238 g/mol. The molecule has 3 heteroatoms. The lowest BCUT2D eigenvalue weighted by Crippen LogP contribution is -2.34. The Morgan fingerprint density at radius 3 is 3.06 bits per heavy atom. The fourth-order valence-electron chi connectivity index (χ4n) is 3.26. The Morgan fingerprint density at radius 1 is 1.31 bits per heavy atom. The maximum absolute atomic E-state index is 11.3. The fourth-order valence-corrected chi connectivity index (χ4v) is 3.62. The van der Waals surface area contributed by atoms with Crippen molar-refractivity contribution in [2.75, 3.05) is 0 Å². The van der Waals surface area contributed by atoms with Crippen LogP contribution >= 0.6 is 11.6 Å². The van der Waals surface area contributed by atoms with Crippen LogP contribution in [0, 0.1) is 5.92 Å². The lowest BCUT2D eigenvalue weighted by molar-refractivity contribution is 0.201. The van der Waals surface area contributed by atoms with Crippen molar-refractivity contribution in [2.24, 2.45) is 5.92 Å². The number of hydrogen-bond donors (Lipinski definition) is 0. The average Bonchev–Trinajstić information content (AvgIpc) is 2.28. The molecule has 0 radical (unpaired) electrons. The molecule has 3 rings (SSSR count). The van der Waals surface area contributed by atoms with E-state index in [9.17, 15) is 4.79 Å². The van der Waals surface area contributed by atoms with Crippen molar-refractivity contribution in [3.8, 4) is 0 Å². The van der Waals surface area contributed by atoms with Gasteiger partial charge in [-0.2, -0.15) is 0 Å². The first-order chi connectivity index (χ1) is 7.74. The molecule has 2 heterocycles. The summed E-state index contributed by atoms with van der Waals surface area (Å²) in [7, 11) is 0. The van der Waals surface area contributed by atoms with E-state index in [1.165, 1.54) is 12.1 Å². The Bertz CT molecular complexity index is 453. The zero-order valence-electron chi connectivity index (χ0n) is 9.23. The molecule has 1 aromatic rings. The third-order valence-corrected chi connectivity index (χ3v) is 4.44. The molecule has 86 valence electrons. The van der Waals surface area contributed by atoms with E-state index >= 15 is 0 Å². The quantitative estimate of drug-likeness (QED) is 0.636. The van der Waals surface area contributed by atoms with Crippen LogP contribution in [0.4, 0.5) is 0 Å². The molecule has 1 aromatic heterocycles. The van der Waals surface area contributed by atoms with Crippen LogP contribution in [0.3, 0.4) is 0 Å². The topological polar surface area (TPSA) is 22.0 Å². The molecule has 16 heavy (non-hydrogen) atoms. The highest BCUT2D eigenvalue weighted by Crippen LogP contribution is 2.41. The van der Waals surface area contributed by atoms with E-state index in [0.29, 0.717) is 17.3 Å². The molecule has 1 aliphatic heterocycles. The maximum Gasteiger partial charge on any atom is 0.181 e. The van der Waals surface area contributed by atoms with Crippen LogP contribution in [0.25, 0.3) is 0 Å². The second-order valence-electron chi connectivity index (χ2n) is 5.04. The molecule has 3 atom stereocenters. The molecule has 2 aliphatic rings. The zero-order chi connectivity index (χ0) is 11.1. The molecule has 0 aromatic carbocycles. The van der Waals surface area contributed by atoms with Crippen molar-refractivity contribution in [2.45, 2.75) is 43.5 Å². The Kier molecular flexibility index (Phi) is 2.55. The highest BCUT2D eigenvalue weighted by Gasteiger charge is 2.33. The van der Waals surface area contributed by atoms with Crippen LogP contribution < -0.4 is 5.43 Å². The number of nitrogens with zero attached hydrogens (tertiary/aromatic N) is 1. The lowest BCUT2D eigenvalue weighted by atomic mass is 9.78. The molecule has 0 bridgehead atoms. The Hall–Kier alpha value is -0.760. The zero-order valence-corrected chi connectivity index (χ0v) is 9.99. The summed E-state index contributed by atoms with van der Waals surface area (Å²) in [6.45, 7) is 0. The van der Waals surface area contributed by atoms with Gasteiger partial charge in [0.25, 0.3) is 0 Å². The highest BCUT2D eigenvalue weighted by atomic mass is 35.5. The van der Waals surface area contributed by atoms with Gasteiger partial charge < -0.3 is 4.57 Å². The normalized spacial score (nSPS) is 32.9. The first-order valence-corrected chi connectivity index (χ1v) is 6.53. The van der Waals surface area contributed by atoms with Gasteiger partial charge in [0.1, 0.15) is 0 Å². The molecule has 0 N–H and O–H groups in total. The SMILES string of the molecule is O=c1ccn2c(c1)CCC1CC(Cl)CCC12. The summed E-state index contributed by atoms with van der Waals surface area (Å²) >= 11 is 6.23. The van der Waals surface area contributed by atoms with Crippen LogP contribution in [0.15, 0.2) is 23.1 Å². The van der Waals surface area contributed by atoms with Gasteiger partial charge in [0.15, 0.2) is 5.43 Å². The molecule has 0 spiro atoms. The maximum atomic E-state index is 11.3. The van der Waals surface area contributed by atoms with Crippen molar-refractivity contribution >= 4 is 11.6 Å². The number of hydrogen-bond acceptors (Lipinski definition) is 1. The van der Waals surface area contributed by atoms with Gasteiger partial charge in [-0.3, -0.25) is 4.79 Å². The van der Waals surface area contributed by atoms with E-state index in [1.54, 1.807) is 12.1 Å². The number of halogens is 1. The van der Waals surface area contributed by atoms with Crippen molar-refractivity contribution in [1.82, 2.24) is 4.57 Å². The Balaban J connectivity index is 1.97. The van der Waals surface area contributed by atoms with Crippen LogP contribution in [-0.4, -0.2) is 9.94 Å². The predicted molar refractivity (Wildman–Crippen MR) is 65.0 cm³/mol. The van der Waals surface area contributed by atoms with Crippen molar-refractivity contribution in [3.63, 3.8) is 0 Å². The van der Waals surface area contributed by atoms with Gasteiger partial charge in [-0.15, -0.1) is 11.6 Å². The summed E-state index contributed by atoms with van der Waals surface area (Å²) in [5.41, 5.74) is 1.34. The van der Waals surface area contributed by atoms with Crippen molar-refractivity contribution < 1.29 is 0 Å². The highest BCUT2D eigenvalue weighted by molar-refractivity contribution is 6.20. The molecule has 1 aliphatic carbocycles. The third-order valence-electron chi connectivity index (χ3n) is 4.05. The largest absolute Gasteiger partial charge is 0.348 e. The van der Waals surface area contributed by atoms with Gasteiger partial charge in [0.05, 0.1) is 0 Å². The molecule has 1 fully saturated rings. The van der Waals surface area contributed by atoms with Crippen LogP contribution in [-0.2, 0) is 6.42 Å². The number of aromatic nitrogens is 1.